The summed E-state index contributed by atoms with van der Waals surface area (Å²) < 4.78 is 0. The molecule has 18 heavy (non-hydrogen) atoms. The lowest BCUT2D eigenvalue weighted by Crippen LogP contribution is -2.43. The van der Waals surface area contributed by atoms with E-state index in [9.17, 15) is 4.79 Å². The Morgan fingerprint density at radius 3 is 2.56 bits per heavy atom. The van der Waals surface area contributed by atoms with Gasteiger partial charge >= 0.3 is 0 Å². The highest BCUT2D eigenvalue weighted by molar-refractivity contribution is 5.76. The van der Waals surface area contributed by atoms with Crippen LogP contribution in [0, 0.1) is 12.8 Å². The Balaban J connectivity index is 2.44. The van der Waals surface area contributed by atoms with Gasteiger partial charge in [0, 0.05) is 19.0 Å². The zero-order chi connectivity index (χ0) is 13.5. The van der Waals surface area contributed by atoms with Crippen molar-refractivity contribution < 1.29 is 4.79 Å². The molecule has 0 radical (unpaired) electrons. The van der Waals surface area contributed by atoms with Crippen molar-refractivity contribution in [2.75, 3.05) is 6.54 Å². The van der Waals surface area contributed by atoms with E-state index >= 15 is 0 Å². The molecule has 0 saturated heterocycles. The van der Waals surface area contributed by atoms with Crippen LogP contribution in [0.4, 0.5) is 0 Å². The van der Waals surface area contributed by atoms with E-state index in [4.69, 9.17) is 5.73 Å². The molecule has 1 aromatic rings. The molecule has 1 rings (SSSR count). The second-order valence-corrected chi connectivity index (χ2v) is 5.08. The van der Waals surface area contributed by atoms with Gasteiger partial charge in [-0.1, -0.05) is 38.1 Å². The molecule has 3 N–H and O–H groups in total. The Bertz CT molecular complexity index is 388. The molecule has 0 spiro atoms. The third-order valence-electron chi connectivity index (χ3n) is 3.29. The average Bonchev–Trinajstić information content (AvgIpc) is 2.34. The second-order valence-electron chi connectivity index (χ2n) is 5.08. The van der Waals surface area contributed by atoms with Crippen LogP contribution in [0.15, 0.2) is 24.3 Å². The van der Waals surface area contributed by atoms with Crippen LogP contribution in [0.25, 0.3) is 0 Å². The maximum absolute atomic E-state index is 11.8. The van der Waals surface area contributed by atoms with Crippen molar-refractivity contribution in [1.82, 2.24) is 5.32 Å². The number of benzene rings is 1. The first kappa shape index (κ1) is 14.7. The second kappa shape index (κ2) is 7.17. The van der Waals surface area contributed by atoms with E-state index in [1.807, 2.05) is 12.1 Å². The number of hydrogen-bond donors (Lipinski definition) is 2. The molecule has 0 aliphatic rings. The number of nitrogens with one attached hydrogen (secondary N) is 1. The molecule has 0 aliphatic carbocycles. The van der Waals surface area contributed by atoms with Gasteiger partial charge in [0.05, 0.1) is 0 Å². The zero-order valence-electron chi connectivity index (χ0n) is 11.6. The summed E-state index contributed by atoms with van der Waals surface area (Å²) in [6, 6.07) is 8.25. The smallest absolute Gasteiger partial charge is 0.220 e. The van der Waals surface area contributed by atoms with Gasteiger partial charge in [-0.2, -0.15) is 0 Å². The van der Waals surface area contributed by atoms with Crippen LogP contribution in [0.1, 0.15) is 31.4 Å². The minimum absolute atomic E-state index is 0.0781. The van der Waals surface area contributed by atoms with Gasteiger partial charge in [0.25, 0.3) is 0 Å². The molecule has 1 unspecified atom stereocenters. The van der Waals surface area contributed by atoms with Crippen molar-refractivity contribution in [1.29, 1.82) is 0 Å². The SMILES string of the molecule is Cc1ccccc1CCC(=O)NC(CN)C(C)C. The zero-order valence-corrected chi connectivity index (χ0v) is 11.6. The summed E-state index contributed by atoms with van der Waals surface area (Å²) in [7, 11) is 0. The van der Waals surface area contributed by atoms with E-state index in [2.05, 4.69) is 38.2 Å². The molecule has 100 valence electrons. The number of hydrogen-bond acceptors (Lipinski definition) is 2. The summed E-state index contributed by atoms with van der Waals surface area (Å²) in [5.41, 5.74) is 8.12. The van der Waals surface area contributed by atoms with Crippen molar-refractivity contribution in [3.05, 3.63) is 35.4 Å². The fourth-order valence-corrected chi connectivity index (χ4v) is 1.92. The van der Waals surface area contributed by atoms with Crippen LogP contribution in [0.2, 0.25) is 0 Å². The highest BCUT2D eigenvalue weighted by Crippen LogP contribution is 2.09. The molecule has 0 bridgehead atoms. The van der Waals surface area contributed by atoms with Crippen molar-refractivity contribution in [3.63, 3.8) is 0 Å². The molecule has 0 fully saturated rings. The third kappa shape index (κ3) is 4.49. The Hall–Kier alpha value is -1.35. The lowest BCUT2D eigenvalue weighted by molar-refractivity contribution is -0.122. The van der Waals surface area contributed by atoms with Crippen LogP contribution in [-0.2, 0) is 11.2 Å². The highest BCUT2D eigenvalue weighted by Gasteiger charge is 2.14. The quantitative estimate of drug-likeness (QED) is 0.809. The molecule has 1 aromatic carbocycles. The maximum Gasteiger partial charge on any atom is 0.220 e. The standard InChI is InChI=1S/C15H24N2O/c1-11(2)14(10-16)17-15(18)9-8-13-7-5-4-6-12(13)3/h4-7,11,14H,8-10,16H2,1-3H3,(H,17,18). The van der Waals surface area contributed by atoms with Gasteiger partial charge < -0.3 is 11.1 Å². The monoisotopic (exact) mass is 248 g/mol. The molecule has 0 aromatic heterocycles. The van der Waals surface area contributed by atoms with Gasteiger partial charge in [0.2, 0.25) is 5.91 Å². The van der Waals surface area contributed by atoms with E-state index in [1.54, 1.807) is 0 Å². The summed E-state index contributed by atoms with van der Waals surface area (Å²) in [5.74, 6) is 0.458. The summed E-state index contributed by atoms with van der Waals surface area (Å²) in [6.07, 6.45) is 1.31. The predicted octanol–water partition coefficient (Wildman–Crippen LogP) is 2.03. The van der Waals surface area contributed by atoms with Crippen LogP contribution >= 0.6 is 0 Å². The first-order chi connectivity index (χ1) is 8.54. The molecule has 0 heterocycles. The van der Waals surface area contributed by atoms with Gasteiger partial charge in [-0.3, -0.25) is 4.79 Å². The molecule has 3 heteroatoms. The van der Waals surface area contributed by atoms with E-state index in [-0.39, 0.29) is 11.9 Å². The average molecular weight is 248 g/mol. The molecule has 0 aliphatic heterocycles. The molecular weight excluding hydrogens is 224 g/mol. The van der Waals surface area contributed by atoms with Crippen LogP contribution in [0.5, 0.6) is 0 Å². The lowest BCUT2D eigenvalue weighted by Gasteiger charge is -2.20. The third-order valence-corrected chi connectivity index (χ3v) is 3.29. The first-order valence-corrected chi connectivity index (χ1v) is 6.58. The van der Waals surface area contributed by atoms with Gasteiger partial charge in [0.1, 0.15) is 0 Å². The van der Waals surface area contributed by atoms with Gasteiger partial charge in [-0.05, 0) is 30.4 Å². The molecule has 3 nitrogen and oxygen atoms in total. The van der Waals surface area contributed by atoms with Crippen LogP contribution < -0.4 is 11.1 Å². The minimum Gasteiger partial charge on any atom is -0.352 e. The number of amides is 1. The largest absolute Gasteiger partial charge is 0.352 e. The van der Waals surface area contributed by atoms with E-state index < -0.39 is 0 Å². The summed E-state index contributed by atoms with van der Waals surface area (Å²) in [5, 5.41) is 2.99. The van der Waals surface area contributed by atoms with E-state index in [0.717, 1.165) is 6.42 Å². The maximum atomic E-state index is 11.8. The first-order valence-electron chi connectivity index (χ1n) is 6.58. The number of aryl methyl sites for hydroxylation is 2. The number of rotatable bonds is 6. The number of carbonyl (C=O) groups is 1. The highest BCUT2D eigenvalue weighted by atomic mass is 16.1. The molecular formula is C15H24N2O. The number of nitrogens with two attached hydrogens (primary N) is 1. The number of carbonyl (C=O) groups excluding carboxylic acids is 1. The Kier molecular flexibility index (Phi) is 5.86. The van der Waals surface area contributed by atoms with E-state index in [0.29, 0.717) is 18.9 Å². The van der Waals surface area contributed by atoms with Crippen LogP contribution in [-0.4, -0.2) is 18.5 Å². The molecule has 1 amide bonds. The molecule has 0 saturated carbocycles. The Morgan fingerprint density at radius 2 is 2.00 bits per heavy atom. The summed E-state index contributed by atoms with van der Waals surface area (Å²) in [4.78, 5) is 11.8. The van der Waals surface area contributed by atoms with Gasteiger partial charge in [0.15, 0.2) is 0 Å². The fourth-order valence-electron chi connectivity index (χ4n) is 1.92. The topological polar surface area (TPSA) is 55.1 Å². The van der Waals surface area contributed by atoms with Gasteiger partial charge in [-0.25, -0.2) is 0 Å². The summed E-state index contributed by atoms with van der Waals surface area (Å²) >= 11 is 0. The van der Waals surface area contributed by atoms with Crippen LogP contribution in [0.3, 0.4) is 0 Å². The lowest BCUT2D eigenvalue weighted by atomic mass is 10.0. The molecule has 1 atom stereocenters. The van der Waals surface area contributed by atoms with E-state index in [1.165, 1.54) is 11.1 Å². The minimum atomic E-state index is 0.0781. The van der Waals surface area contributed by atoms with Crippen molar-refractivity contribution in [2.45, 2.75) is 39.7 Å². The normalized spacial score (nSPS) is 12.5. The predicted molar refractivity (Wildman–Crippen MR) is 75.3 cm³/mol. The van der Waals surface area contributed by atoms with Crippen molar-refractivity contribution in [2.24, 2.45) is 11.7 Å². The van der Waals surface area contributed by atoms with Crippen molar-refractivity contribution in [3.8, 4) is 0 Å². The summed E-state index contributed by atoms with van der Waals surface area (Å²) in [6.45, 7) is 6.70. The van der Waals surface area contributed by atoms with Gasteiger partial charge in [-0.15, -0.1) is 0 Å². The van der Waals surface area contributed by atoms with Crippen molar-refractivity contribution >= 4 is 5.91 Å². The Morgan fingerprint density at radius 1 is 1.33 bits per heavy atom. The Labute approximate surface area is 110 Å². The fraction of sp³-hybridized carbons (Fsp3) is 0.533.